The van der Waals surface area contributed by atoms with Crippen LogP contribution in [0.4, 0.5) is 5.69 Å². The Morgan fingerprint density at radius 3 is 1.90 bits per heavy atom. The summed E-state index contributed by atoms with van der Waals surface area (Å²) in [6.45, 7) is 17.4. The predicted molar refractivity (Wildman–Crippen MR) is 94.5 cm³/mol. The number of benzene rings is 1. The molecule has 0 aromatic heterocycles. The summed E-state index contributed by atoms with van der Waals surface area (Å²) in [5.41, 5.74) is 3.49. The Bertz CT molecular complexity index is 470. The van der Waals surface area contributed by atoms with E-state index in [1.54, 1.807) is 0 Å². The van der Waals surface area contributed by atoms with Crippen molar-refractivity contribution in [2.75, 3.05) is 24.2 Å². The van der Waals surface area contributed by atoms with Gasteiger partial charge in [0.15, 0.2) is 8.24 Å². The Kier molecular flexibility index (Phi) is 6.17. The normalized spacial score (nSPS) is 11.8. The fraction of sp³-hybridized carbons (Fsp3) is 0.588. The van der Waals surface area contributed by atoms with Crippen LogP contribution in [0, 0.1) is 13.8 Å². The van der Waals surface area contributed by atoms with Crippen molar-refractivity contribution >= 4 is 19.8 Å². The molecule has 0 unspecified atom stereocenters. The molecular weight excluding hydrogens is 276 g/mol. The van der Waals surface area contributed by atoms with E-state index >= 15 is 0 Å². The number of para-hydroxylation sites is 1. The molecule has 3 nitrogen and oxygen atoms in total. The van der Waals surface area contributed by atoms with Gasteiger partial charge in [0.25, 0.3) is 0 Å². The van der Waals surface area contributed by atoms with Gasteiger partial charge in [-0.25, -0.2) is 0 Å². The molecule has 0 spiro atoms. The average molecular weight is 307 g/mol. The van der Waals surface area contributed by atoms with E-state index in [2.05, 4.69) is 75.0 Å². The molecule has 1 aromatic carbocycles. The van der Waals surface area contributed by atoms with Crippen molar-refractivity contribution in [2.45, 2.75) is 47.3 Å². The maximum absolute atomic E-state index is 12.9. The van der Waals surface area contributed by atoms with Crippen LogP contribution in [-0.2, 0) is 4.79 Å². The number of carbonyl (C=O) groups is 1. The molecule has 0 fully saturated rings. The lowest BCUT2D eigenvalue weighted by Gasteiger charge is -2.37. The standard InChI is InChI=1S/C17H30N2OSi/c1-8-18(9-2)13-16(20)19(21(5,6)7)17-14(3)11-10-12-15(17)4/h10-12H,8-9,13H2,1-7H3. The highest BCUT2D eigenvalue weighted by Gasteiger charge is 2.32. The van der Waals surface area contributed by atoms with Crippen LogP contribution in [0.3, 0.4) is 0 Å². The van der Waals surface area contributed by atoms with Gasteiger partial charge in [0.1, 0.15) is 0 Å². The van der Waals surface area contributed by atoms with E-state index in [9.17, 15) is 4.79 Å². The van der Waals surface area contributed by atoms with Crippen molar-refractivity contribution in [1.82, 2.24) is 4.90 Å². The molecule has 4 heteroatoms. The average Bonchev–Trinajstić information content (AvgIpc) is 2.38. The van der Waals surface area contributed by atoms with E-state index in [-0.39, 0.29) is 5.91 Å². The van der Waals surface area contributed by atoms with Crippen LogP contribution in [0.1, 0.15) is 25.0 Å². The van der Waals surface area contributed by atoms with E-state index in [0.29, 0.717) is 6.54 Å². The minimum atomic E-state index is -1.79. The first kappa shape index (κ1) is 17.9. The van der Waals surface area contributed by atoms with Gasteiger partial charge in [-0.1, -0.05) is 51.7 Å². The Morgan fingerprint density at radius 2 is 1.52 bits per heavy atom. The SMILES string of the molecule is CCN(CC)CC(=O)N(c1c(C)cccc1C)[Si](C)(C)C. The Labute approximate surface area is 131 Å². The highest BCUT2D eigenvalue weighted by Crippen LogP contribution is 2.29. The third-order valence-electron chi connectivity index (χ3n) is 3.84. The molecule has 21 heavy (non-hydrogen) atoms. The van der Waals surface area contributed by atoms with Crippen molar-refractivity contribution in [1.29, 1.82) is 0 Å². The molecule has 118 valence electrons. The van der Waals surface area contributed by atoms with Crippen LogP contribution in [0.2, 0.25) is 19.6 Å². The van der Waals surface area contributed by atoms with Crippen molar-refractivity contribution in [3.8, 4) is 0 Å². The zero-order chi connectivity index (χ0) is 16.2. The topological polar surface area (TPSA) is 23.6 Å². The largest absolute Gasteiger partial charge is 0.339 e. The zero-order valence-electron chi connectivity index (χ0n) is 14.7. The fourth-order valence-corrected chi connectivity index (χ4v) is 4.54. The Balaban J connectivity index is 3.22. The maximum atomic E-state index is 12.9. The molecule has 1 aromatic rings. The monoisotopic (exact) mass is 306 g/mol. The second-order valence-electron chi connectivity index (χ2n) is 6.60. The third-order valence-corrected chi connectivity index (χ3v) is 5.65. The predicted octanol–water partition coefficient (Wildman–Crippen LogP) is 3.81. The minimum Gasteiger partial charge on any atom is -0.339 e. The molecule has 0 saturated carbocycles. The van der Waals surface area contributed by atoms with Gasteiger partial charge < -0.3 is 4.57 Å². The van der Waals surface area contributed by atoms with Gasteiger partial charge in [-0.15, -0.1) is 0 Å². The molecule has 0 aliphatic rings. The second kappa shape index (κ2) is 7.23. The van der Waals surface area contributed by atoms with E-state index < -0.39 is 8.24 Å². The number of carbonyl (C=O) groups excluding carboxylic acids is 1. The molecule has 0 aliphatic carbocycles. The molecule has 1 rings (SSSR count). The molecule has 0 saturated heterocycles. The molecule has 0 bridgehead atoms. The first-order valence-corrected chi connectivity index (χ1v) is 11.3. The summed E-state index contributed by atoms with van der Waals surface area (Å²) in [4.78, 5) is 15.1. The van der Waals surface area contributed by atoms with Crippen LogP contribution in [-0.4, -0.2) is 38.7 Å². The lowest BCUT2D eigenvalue weighted by molar-refractivity contribution is -0.118. The molecule has 0 aliphatic heterocycles. The van der Waals surface area contributed by atoms with Gasteiger partial charge in [0.05, 0.1) is 6.54 Å². The molecule has 1 amide bonds. The number of hydrogen-bond acceptors (Lipinski definition) is 2. The van der Waals surface area contributed by atoms with Crippen molar-refractivity contribution in [3.63, 3.8) is 0 Å². The summed E-state index contributed by atoms with van der Waals surface area (Å²) in [6.07, 6.45) is 0. The molecule has 0 radical (unpaired) electrons. The smallest absolute Gasteiger partial charge is 0.233 e. The van der Waals surface area contributed by atoms with Gasteiger partial charge in [0, 0.05) is 5.69 Å². The molecule has 0 N–H and O–H groups in total. The van der Waals surface area contributed by atoms with E-state index in [0.717, 1.165) is 18.8 Å². The van der Waals surface area contributed by atoms with Gasteiger partial charge in [-0.05, 0) is 38.1 Å². The zero-order valence-corrected chi connectivity index (χ0v) is 15.7. The number of likely N-dealkylation sites (N-methyl/N-ethyl adjacent to an activating group) is 1. The number of aryl methyl sites for hydroxylation is 2. The van der Waals surface area contributed by atoms with Gasteiger partial charge in [0.2, 0.25) is 5.91 Å². The molecular formula is C17H30N2OSi. The van der Waals surface area contributed by atoms with Gasteiger partial charge in [-0.3, -0.25) is 9.69 Å². The lowest BCUT2D eigenvalue weighted by atomic mass is 10.1. The van der Waals surface area contributed by atoms with Crippen LogP contribution < -0.4 is 4.57 Å². The summed E-state index contributed by atoms with van der Waals surface area (Å²) in [5.74, 6) is 0.232. The van der Waals surface area contributed by atoms with Crippen molar-refractivity contribution in [3.05, 3.63) is 29.3 Å². The Hall–Kier alpha value is -1.13. The summed E-state index contributed by atoms with van der Waals surface area (Å²) in [6, 6.07) is 6.26. The lowest BCUT2D eigenvalue weighted by Crippen LogP contribution is -2.54. The quantitative estimate of drug-likeness (QED) is 0.746. The molecule has 0 heterocycles. The second-order valence-corrected chi connectivity index (χ2v) is 11.4. The minimum absolute atomic E-state index is 0.232. The van der Waals surface area contributed by atoms with Crippen LogP contribution in [0.5, 0.6) is 0 Å². The van der Waals surface area contributed by atoms with Crippen molar-refractivity contribution in [2.24, 2.45) is 0 Å². The summed E-state index contributed by atoms with van der Waals surface area (Å²) in [7, 11) is -1.79. The van der Waals surface area contributed by atoms with Crippen molar-refractivity contribution < 1.29 is 4.79 Å². The number of anilines is 1. The van der Waals surface area contributed by atoms with Crippen LogP contribution in [0.15, 0.2) is 18.2 Å². The number of hydrogen-bond donors (Lipinski definition) is 0. The third kappa shape index (κ3) is 4.42. The summed E-state index contributed by atoms with van der Waals surface area (Å²) in [5, 5.41) is 0. The van der Waals surface area contributed by atoms with Crippen LogP contribution >= 0.6 is 0 Å². The van der Waals surface area contributed by atoms with Crippen LogP contribution in [0.25, 0.3) is 0 Å². The highest BCUT2D eigenvalue weighted by atomic mass is 28.3. The number of rotatable bonds is 6. The van der Waals surface area contributed by atoms with E-state index in [4.69, 9.17) is 0 Å². The van der Waals surface area contributed by atoms with Gasteiger partial charge >= 0.3 is 0 Å². The number of amides is 1. The molecule has 0 atom stereocenters. The first-order valence-electron chi connectivity index (χ1n) is 7.84. The maximum Gasteiger partial charge on any atom is 0.233 e. The first-order chi connectivity index (χ1) is 9.72. The Morgan fingerprint density at radius 1 is 1.05 bits per heavy atom. The van der Waals surface area contributed by atoms with E-state index in [1.165, 1.54) is 11.1 Å². The fourth-order valence-electron chi connectivity index (χ4n) is 2.70. The van der Waals surface area contributed by atoms with Gasteiger partial charge in [-0.2, -0.15) is 0 Å². The van der Waals surface area contributed by atoms with E-state index in [1.807, 2.05) is 0 Å². The summed E-state index contributed by atoms with van der Waals surface area (Å²) >= 11 is 0. The number of nitrogens with zero attached hydrogens (tertiary/aromatic N) is 2. The summed E-state index contributed by atoms with van der Waals surface area (Å²) < 4.78 is 2.11. The highest BCUT2D eigenvalue weighted by molar-refractivity contribution is 6.83.